The molecule has 1 saturated heterocycles. The maximum atomic E-state index is 6.00. The average molecular weight is 340 g/mol. The van der Waals surface area contributed by atoms with Gasteiger partial charge in [-0.1, -0.05) is 18.2 Å². The van der Waals surface area contributed by atoms with Gasteiger partial charge in [0, 0.05) is 48.4 Å². The zero-order chi connectivity index (χ0) is 16.5. The van der Waals surface area contributed by atoms with Gasteiger partial charge in [0.05, 0.1) is 24.0 Å². The van der Waals surface area contributed by atoms with Crippen molar-refractivity contribution in [2.45, 2.75) is 11.0 Å². The number of nitrogens with zero attached hydrogens (tertiary/aromatic N) is 4. The van der Waals surface area contributed by atoms with E-state index in [1.54, 1.807) is 11.8 Å². The maximum absolute atomic E-state index is 6.00. The van der Waals surface area contributed by atoms with E-state index in [1.165, 1.54) is 16.0 Å². The molecule has 0 aliphatic carbocycles. The molecular formula is C18H20N4OS. The summed E-state index contributed by atoms with van der Waals surface area (Å²) in [5, 5.41) is 5.48. The van der Waals surface area contributed by atoms with Crippen LogP contribution in [0.25, 0.3) is 10.9 Å². The van der Waals surface area contributed by atoms with E-state index in [0.717, 1.165) is 24.2 Å². The summed E-state index contributed by atoms with van der Waals surface area (Å²) in [7, 11) is 1.94. The lowest BCUT2D eigenvalue weighted by Gasteiger charge is -2.35. The molecule has 1 aromatic carbocycles. The standard InChI is InChI=1S/C18H20N4OS/c1-21-11-13(9-20-21)16-12-22(7-8-23-16)18-14-5-3-4-6-15(14)19-10-17(18)24-2/h3-6,9-11,16H,7-8,12H2,1-2H3. The zero-order valence-electron chi connectivity index (χ0n) is 13.8. The van der Waals surface area contributed by atoms with E-state index >= 15 is 0 Å². The normalized spacial score (nSPS) is 18.2. The molecule has 24 heavy (non-hydrogen) atoms. The molecule has 1 unspecified atom stereocenters. The van der Waals surface area contributed by atoms with Crippen molar-refractivity contribution in [2.75, 3.05) is 30.9 Å². The predicted molar refractivity (Wildman–Crippen MR) is 97.6 cm³/mol. The van der Waals surface area contributed by atoms with Crippen LogP contribution in [0.5, 0.6) is 0 Å². The van der Waals surface area contributed by atoms with Crippen LogP contribution in [0, 0.1) is 0 Å². The fraction of sp³-hybridized carbons (Fsp3) is 0.333. The van der Waals surface area contributed by atoms with Gasteiger partial charge in [0.1, 0.15) is 6.10 Å². The molecule has 1 fully saturated rings. The van der Waals surface area contributed by atoms with Crippen LogP contribution in [-0.4, -0.2) is 40.7 Å². The highest BCUT2D eigenvalue weighted by atomic mass is 32.2. The van der Waals surface area contributed by atoms with Crippen molar-refractivity contribution in [3.8, 4) is 0 Å². The van der Waals surface area contributed by atoms with E-state index < -0.39 is 0 Å². The van der Waals surface area contributed by atoms with Crippen LogP contribution in [0.3, 0.4) is 0 Å². The second-order valence-corrected chi connectivity index (χ2v) is 6.79. The fourth-order valence-corrected chi connectivity index (χ4v) is 3.84. The number of anilines is 1. The Hall–Kier alpha value is -2.05. The Kier molecular flexibility index (Phi) is 4.16. The molecule has 4 rings (SSSR count). The molecule has 0 radical (unpaired) electrons. The van der Waals surface area contributed by atoms with Gasteiger partial charge in [-0.2, -0.15) is 5.10 Å². The van der Waals surface area contributed by atoms with Crippen LogP contribution in [-0.2, 0) is 11.8 Å². The number of aryl methyl sites for hydroxylation is 1. The summed E-state index contributed by atoms with van der Waals surface area (Å²) in [6, 6.07) is 8.35. The van der Waals surface area contributed by atoms with E-state index in [-0.39, 0.29) is 6.10 Å². The Bertz CT molecular complexity index is 863. The molecule has 0 spiro atoms. The van der Waals surface area contributed by atoms with Gasteiger partial charge in [-0.25, -0.2) is 0 Å². The largest absolute Gasteiger partial charge is 0.370 e. The number of ether oxygens (including phenoxy) is 1. The summed E-state index contributed by atoms with van der Waals surface area (Å²) in [6.45, 7) is 2.43. The minimum atomic E-state index is 0.0501. The van der Waals surface area contributed by atoms with Crippen molar-refractivity contribution >= 4 is 28.4 Å². The number of pyridine rings is 1. The lowest BCUT2D eigenvalue weighted by atomic mass is 10.1. The highest BCUT2D eigenvalue weighted by Gasteiger charge is 2.26. The molecule has 0 N–H and O–H groups in total. The van der Waals surface area contributed by atoms with Gasteiger partial charge in [-0.15, -0.1) is 11.8 Å². The Morgan fingerprint density at radius 3 is 2.92 bits per heavy atom. The third-order valence-corrected chi connectivity index (χ3v) is 5.15. The Morgan fingerprint density at radius 1 is 1.25 bits per heavy atom. The molecule has 0 bridgehead atoms. The van der Waals surface area contributed by atoms with E-state index in [9.17, 15) is 0 Å². The number of fused-ring (bicyclic) bond motifs is 1. The topological polar surface area (TPSA) is 43.2 Å². The van der Waals surface area contributed by atoms with Crippen LogP contribution in [0.2, 0.25) is 0 Å². The minimum Gasteiger partial charge on any atom is -0.370 e. The molecule has 0 saturated carbocycles. The first-order valence-corrected chi connectivity index (χ1v) is 9.25. The number of hydrogen-bond donors (Lipinski definition) is 0. The van der Waals surface area contributed by atoms with Gasteiger partial charge < -0.3 is 9.64 Å². The van der Waals surface area contributed by atoms with Crippen molar-refractivity contribution in [2.24, 2.45) is 7.05 Å². The fourth-order valence-electron chi connectivity index (χ4n) is 3.24. The lowest BCUT2D eigenvalue weighted by Crippen LogP contribution is -2.38. The van der Waals surface area contributed by atoms with Gasteiger partial charge >= 0.3 is 0 Å². The quantitative estimate of drug-likeness (QED) is 0.685. The number of benzene rings is 1. The van der Waals surface area contributed by atoms with Crippen LogP contribution in [0.1, 0.15) is 11.7 Å². The average Bonchev–Trinajstić information content (AvgIpc) is 3.07. The summed E-state index contributed by atoms with van der Waals surface area (Å²) in [5.74, 6) is 0. The summed E-state index contributed by atoms with van der Waals surface area (Å²) in [6.07, 6.45) is 8.07. The van der Waals surface area contributed by atoms with Gasteiger partial charge in [0.15, 0.2) is 0 Å². The SMILES string of the molecule is CSc1cnc2ccccc2c1N1CCOC(c2cnn(C)c2)C1. The molecule has 124 valence electrons. The molecule has 5 nitrogen and oxygen atoms in total. The Morgan fingerprint density at radius 2 is 2.12 bits per heavy atom. The molecule has 2 aromatic heterocycles. The maximum Gasteiger partial charge on any atom is 0.103 e. The number of rotatable bonds is 3. The number of hydrogen-bond acceptors (Lipinski definition) is 5. The summed E-state index contributed by atoms with van der Waals surface area (Å²) in [4.78, 5) is 8.23. The van der Waals surface area contributed by atoms with Crippen molar-refractivity contribution in [1.29, 1.82) is 0 Å². The van der Waals surface area contributed by atoms with Crippen molar-refractivity contribution < 1.29 is 4.74 Å². The molecule has 6 heteroatoms. The second-order valence-electron chi connectivity index (χ2n) is 5.95. The number of thioether (sulfide) groups is 1. The van der Waals surface area contributed by atoms with Crippen LogP contribution < -0.4 is 4.90 Å². The first kappa shape index (κ1) is 15.5. The van der Waals surface area contributed by atoms with Gasteiger partial charge in [-0.05, 0) is 12.3 Å². The van der Waals surface area contributed by atoms with Gasteiger partial charge in [0.25, 0.3) is 0 Å². The summed E-state index contributed by atoms with van der Waals surface area (Å²) in [5.41, 5.74) is 3.44. The van der Waals surface area contributed by atoms with E-state index in [0.29, 0.717) is 6.61 Å². The third kappa shape index (κ3) is 2.76. The first-order valence-electron chi connectivity index (χ1n) is 8.03. The molecule has 1 aliphatic heterocycles. The van der Waals surface area contributed by atoms with Crippen LogP contribution >= 0.6 is 11.8 Å². The first-order chi connectivity index (χ1) is 11.8. The third-order valence-electron chi connectivity index (χ3n) is 4.41. The van der Waals surface area contributed by atoms with E-state index in [2.05, 4.69) is 39.4 Å². The van der Waals surface area contributed by atoms with Crippen LogP contribution in [0.4, 0.5) is 5.69 Å². The van der Waals surface area contributed by atoms with Gasteiger partial charge in [0.2, 0.25) is 0 Å². The van der Waals surface area contributed by atoms with E-state index in [1.807, 2.05) is 36.4 Å². The minimum absolute atomic E-state index is 0.0501. The van der Waals surface area contributed by atoms with E-state index in [4.69, 9.17) is 4.74 Å². The summed E-state index contributed by atoms with van der Waals surface area (Å²) >= 11 is 1.74. The lowest BCUT2D eigenvalue weighted by molar-refractivity contribution is 0.0397. The van der Waals surface area contributed by atoms with Gasteiger partial charge in [-0.3, -0.25) is 9.67 Å². The Balaban J connectivity index is 1.73. The number of morpholine rings is 1. The molecule has 3 heterocycles. The van der Waals surface area contributed by atoms with Crippen molar-refractivity contribution in [3.05, 3.63) is 48.4 Å². The molecule has 0 amide bonds. The van der Waals surface area contributed by atoms with Crippen LogP contribution in [0.15, 0.2) is 47.8 Å². The molecule has 1 atom stereocenters. The molecular weight excluding hydrogens is 320 g/mol. The number of aromatic nitrogens is 3. The Labute approximate surface area is 145 Å². The molecule has 1 aliphatic rings. The predicted octanol–water partition coefficient (Wildman–Crippen LogP) is 3.27. The molecule has 3 aromatic rings. The van der Waals surface area contributed by atoms with Crippen molar-refractivity contribution in [1.82, 2.24) is 14.8 Å². The number of para-hydroxylation sites is 1. The second kappa shape index (κ2) is 6.45. The smallest absolute Gasteiger partial charge is 0.103 e. The summed E-state index contributed by atoms with van der Waals surface area (Å²) < 4.78 is 7.82. The highest BCUT2D eigenvalue weighted by molar-refractivity contribution is 7.98. The monoisotopic (exact) mass is 340 g/mol. The van der Waals surface area contributed by atoms with Crippen molar-refractivity contribution in [3.63, 3.8) is 0 Å². The zero-order valence-corrected chi connectivity index (χ0v) is 14.7. The highest BCUT2D eigenvalue weighted by Crippen LogP contribution is 2.37.